The van der Waals surface area contributed by atoms with E-state index in [4.69, 9.17) is 0 Å². The first-order chi connectivity index (χ1) is 9.50. The number of hydrogen-bond donors (Lipinski definition) is 1. The third kappa shape index (κ3) is 4.07. The summed E-state index contributed by atoms with van der Waals surface area (Å²) in [5.41, 5.74) is 3.37. The Morgan fingerprint density at radius 1 is 1.20 bits per heavy atom. The van der Waals surface area contributed by atoms with Crippen LogP contribution in [0.4, 0.5) is 0 Å². The third-order valence-corrected chi connectivity index (χ3v) is 4.34. The van der Waals surface area contributed by atoms with Crippen LogP contribution in [0, 0.1) is 5.41 Å². The van der Waals surface area contributed by atoms with Crippen molar-refractivity contribution < 1.29 is 0 Å². The molecule has 1 aromatic carbocycles. The monoisotopic (exact) mass is 274 g/mol. The summed E-state index contributed by atoms with van der Waals surface area (Å²) in [5, 5.41) is 3.74. The van der Waals surface area contributed by atoms with E-state index in [1.165, 1.54) is 30.5 Å². The van der Waals surface area contributed by atoms with E-state index in [2.05, 4.69) is 62.2 Å². The number of hydrogen-bond acceptors (Lipinski definition) is 2. The van der Waals surface area contributed by atoms with Gasteiger partial charge in [0.1, 0.15) is 0 Å². The molecule has 1 atom stereocenters. The quantitative estimate of drug-likeness (QED) is 0.884. The second kappa shape index (κ2) is 6.73. The van der Waals surface area contributed by atoms with Gasteiger partial charge in [-0.15, -0.1) is 0 Å². The van der Waals surface area contributed by atoms with E-state index < -0.39 is 0 Å². The minimum atomic E-state index is 0.312. The topological polar surface area (TPSA) is 15.3 Å². The smallest absolute Gasteiger partial charge is 0.0243 e. The summed E-state index contributed by atoms with van der Waals surface area (Å²) in [6.45, 7) is 13.8. The summed E-state index contributed by atoms with van der Waals surface area (Å²) in [4.78, 5) is 2.61. The first kappa shape index (κ1) is 15.5. The van der Waals surface area contributed by atoms with Crippen molar-refractivity contribution in [3.8, 4) is 0 Å². The van der Waals surface area contributed by atoms with E-state index in [1.807, 2.05) is 0 Å². The molecule has 1 unspecified atom stereocenters. The molecular formula is C18H30N2. The fourth-order valence-corrected chi connectivity index (χ4v) is 2.93. The Kier molecular flexibility index (Phi) is 5.22. The van der Waals surface area contributed by atoms with Gasteiger partial charge in [0.15, 0.2) is 0 Å². The highest BCUT2D eigenvalue weighted by molar-refractivity contribution is 5.29. The molecular weight excluding hydrogens is 244 g/mol. The van der Waals surface area contributed by atoms with Crippen molar-refractivity contribution in [1.82, 2.24) is 10.2 Å². The molecule has 0 saturated heterocycles. The highest BCUT2D eigenvalue weighted by Gasteiger charge is 2.27. The summed E-state index contributed by atoms with van der Waals surface area (Å²) >= 11 is 0. The molecule has 1 aliphatic rings. The second-order valence-corrected chi connectivity index (χ2v) is 7.13. The molecule has 0 saturated carbocycles. The molecule has 2 nitrogen and oxygen atoms in total. The van der Waals surface area contributed by atoms with Crippen molar-refractivity contribution in [2.45, 2.75) is 53.1 Å². The molecule has 0 fully saturated rings. The fourth-order valence-electron chi connectivity index (χ4n) is 2.93. The normalized spacial score (nSPS) is 17.8. The predicted molar refractivity (Wildman–Crippen MR) is 87.0 cm³/mol. The molecule has 0 spiro atoms. The highest BCUT2D eigenvalue weighted by atomic mass is 15.2. The van der Waals surface area contributed by atoms with Gasteiger partial charge in [0.05, 0.1) is 0 Å². The molecule has 2 heteroatoms. The second-order valence-electron chi connectivity index (χ2n) is 7.13. The van der Waals surface area contributed by atoms with Crippen molar-refractivity contribution in [3.63, 3.8) is 0 Å². The van der Waals surface area contributed by atoms with Crippen LogP contribution >= 0.6 is 0 Å². The van der Waals surface area contributed by atoms with Gasteiger partial charge in [-0.3, -0.25) is 4.90 Å². The molecule has 1 N–H and O–H groups in total. The molecule has 0 radical (unpaired) electrons. The van der Waals surface area contributed by atoms with Gasteiger partial charge in [-0.1, -0.05) is 52.0 Å². The number of fused-ring (bicyclic) bond motifs is 1. The van der Waals surface area contributed by atoms with Crippen LogP contribution in [0.15, 0.2) is 24.3 Å². The van der Waals surface area contributed by atoms with Crippen molar-refractivity contribution >= 4 is 0 Å². The summed E-state index contributed by atoms with van der Waals surface area (Å²) < 4.78 is 0. The van der Waals surface area contributed by atoms with E-state index in [0.29, 0.717) is 11.5 Å². The maximum atomic E-state index is 3.74. The van der Waals surface area contributed by atoms with Gasteiger partial charge in [-0.2, -0.15) is 0 Å². The Morgan fingerprint density at radius 3 is 2.55 bits per heavy atom. The van der Waals surface area contributed by atoms with E-state index in [-0.39, 0.29) is 0 Å². The van der Waals surface area contributed by atoms with E-state index in [1.54, 1.807) is 0 Å². The zero-order valence-corrected chi connectivity index (χ0v) is 13.6. The Bertz CT molecular complexity index is 420. The van der Waals surface area contributed by atoms with Gasteiger partial charge in [0.2, 0.25) is 0 Å². The minimum absolute atomic E-state index is 0.312. The third-order valence-electron chi connectivity index (χ3n) is 4.34. The molecule has 0 aliphatic carbocycles. The van der Waals surface area contributed by atoms with Gasteiger partial charge in [0, 0.05) is 25.7 Å². The average Bonchev–Trinajstić information content (AvgIpc) is 2.42. The van der Waals surface area contributed by atoms with Gasteiger partial charge < -0.3 is 5.32 Å². The van der Waals surface area contributed by atoms with E-state index >= 15 is 0 Å². The lowest BCUT2D eigenvalue weighted by Crippen LogP contribution is -2.49. The van der Waals surface area contributed by atoms with Crippen LogP contribution in [0.3, 0.4) is 0 Å². The molecule has 1 heterocycles. The van der Waals surface area contributed by atoms with Gasteiger partial charge in [-0.25, -0.2) is 0 Å². The van der Waals surface area contributed by atoms with E-state index in [0.717, 1.165) is 19.6 Å². The Hall–Kier alpha value is -0.860. The van der Waals surface area contributed by atoms with Gasteiger partial charge in [0.25, 0.3) is 0 Å². The predicted octanol–water partition coefficient (Wildman–Crippen LogP) is 3.46. The standard InChI is InChI=1S/C18H30N2/c1-5-11-19-17(18(2,3)4)14-20-12-10-15-8-6-7-9-16(15)13-20/h6-9,17,19H,5,10-14H2,1-4H3. The molecule has 0 aromatic heterocycles. The SMILES string of the molecule is CCCNC(CN1CCc2ccccc2C1)C(C)(C)C. The average molecular weight is 274 g/mol. The number of rotatable bonds is 5. The van der Waals surface area contributed by atoms with Crippen molar-refractivity contribution in [2.75, 3.05) is 19.6 Å². The van der Waals surface area contributed by atoms with Crippen LogP contribution in [0.1, 0.15) is 45.2 Å². The van der Waals surface area contributed by atoms with Crippen molar-refractivity contribution in [1.29, 1.82) is 0 Å². The molecule has 112 valence electrons. The summed E-state index contributed by atoms with van der Waals surface area (Å²) in [5.74, 6) is 0. The summed E-state index contributed by atoms with van der Waals surface area (Å²) in [6, 6.07) is 9.46. The van der Waals surface area contributed by atoms with Crippen LogP contribution in [0.25, 0.3) is 0 Å². The van der Waals surface area contributed by atoms with Crippen LogP contribution in [0.5, 0.6) is 0 Å². The first-order valence-corrected chi connectivity index (χ1v) is 8.03. The summed E-state index contributed by atoms with van der Waals surface area (Å²) in [7, 11) is 0. The lowest BCUT2D eigenvalue weighted by atomic mass is 9.85. The maximum Gasteiger partial charge on any atom is 0.0243 e. The first-order valence-electron chi connectivity index (χ1n) is 8.03. The van der Waals surface area contributed by atoms with Crippen LogP contribution in [-0.4, -0.2) is 30.6 Å². The van der Waals surface area contributed by atoms with E-state index in [9.17, 15) is 0 Å². The Balaban J connectivity index is 1.98. The Morgan fingerprint density at radius 2 is 1.90 bits per heavy atom. The lowest BCUT2D eigenvalue weighted by Gasteiger charge is -2.38. The fraction of sp³-hybridized carbons (Fsp3) is 0.667. The zero-order chi connectivity index (χ0) is 14.6. The van der Waals surface area contributed by atoms with Crippen LogP contribution in [-0.2, 0) is 13.0 Å². The van der Waals surface area contributed by atoms with Crippen LogP contribution in [0.2, 0.25) is 0 Å². The molecule has 20 heavy (non-hydrogen) atoms. The van der Waals surface area contributed by atoms with Gasteiger partial charge >= 0.3 is 0 Å². The lowest BCUT2D eigenvalue weighted by molar-refractivity contribution is 0.162. The van der Waals surface area contributed by atoms with Crippen molar-refractivity contribution in [3.05, 3.63) is 35.4 Å². The number of benzene rings is 1. The number of nitrogens with zero attached hydrogens (tertiary/aromatic N) is 1. The van der Waals surface area contributed by atoms with Gasteiger partial charge in [-0.05, 0) is 35.9 Å². The molecule has 0 bridgehead atoms. The summed E-state index contributed by atoms with van der Waals surface area (Å²) in [6.07, 6.45) is 2.40. The molecule has 1 aliphatic heterocycles. The number of nitrogens with one attached hydrogen (secondary N) is 1. The minimum Gasteiger partial charge on any atom is -0.312 e. The highest BCUT2D eigenvalue weighted by Crippen LogP contribution is 2.23. The van der Waals surface area contributed by atoms with Crippen LogP contribution < -0.4 is 5.32 Å². The zero-order valence-electron chi connectivity index (χ0n) is 13.6. The molecule has 0 amide bonds. The largest absolute Gasteiger partial charge is 0.312 e. The van der Waals surface area contributed by atoms with Crippen molar-refractivity contribution in [2.24, 2.45) is 5.41 Å². The molecule has 2 rings (SSSR count). The Labute approximate surface area is 124 Å². The maximum absolute atomic E-state index is 3.74. The molecule has 1 aromatic rings.